The van der Waals surface area contributed by atoms with Crippen LogP contribution in [0.2, 0.25) is 0 Å². The second kappa shape index (κ2) is 23.3. The Kier molecular flexibility index (Phi) is 20.0. The monoisotopic (exact) mass is 864 g/mol. The fraction of sp³-hybridized carbons (Fsp3) is 0.667. The average Bonchev–Trinajstić information content (AvgIpc) is 3.16. The molecule has 0 radical (unpaired) electrons. The molecule has 1 saturated heterocycles. The van der Waals surface area contributed by atoms with E-state index in [9.17, 15) is 57.5 Å². The van der Waals surface area contributed by atoms with Crippen LogP contribution in [0.25, 0.3) is 0 Å². The number of rotatable bonds is 0. The van der Waals surface area contributed by atoms with E-state index in [0.29, 0.717) is 0 Å². The zero-order chi connectivity index (χ0) is 46.3. The number of hydrogen-bond acceptors (Lipinski definition) is 24. The third kappa shape index (κ3) is 16.5. The van der Waals surface area contributed by atoms with Gasteiger partial charge < -0.3 is 56.8 Å². The molecule has 0 aliphatic carbocycles. The molecular formula is C36H48O24. The Labute approximate surface area is 342 Å². The van der Waals surface area contributed by atoms with Gasteiger partial charge in [0.15, 0.2) is 73.2 Å². The van der Waals surface area contributed by atoms with E-state index >= 15 is 0 Å². The highest BCUT2D eigenvalue weighted by Gasteiger charge is 2.36. The zero-order valence-electron chi connectivity index (χ0n) is 34.7. The maximum Gasteiger partial charge on any atom is 0.347 e. The van der Waals surface area contributed by atoms with Crippen LogP contribution in [0.5, 0.6) is 0 Å². The van der Waals surface area contributed by atoms with Crippen LogP contribution in [0.3, 0.4) is 0 Å². The first kappa shape index (κ1) is 51.7. The van der Waals surface area contributed by atoms with Gasteiger partial charge in [-0.25, -0.2) is 57.5 Å². The van der Waals surface area contributed by atoms with Crippen molar-refractivity contribution in [2.75, 3.05) is 0 Å². The molecule has 1 heterocycles. The number of cyclic esters (lactones) is 12. The summed E-state index contributed by atoms with van der Waals surface area (Å²) in [6.45, 7) is 12.6. The van der Waals surface area contributed by atoms with E-state index in [2.05, 4.69) is 0 Å². The smallest absolute Gasteiger partial charge is 0.347 e. The SMILES string of the molecule is C[C@@H]1OC(=O)[C@@H](C)OC(=O)[C@H](C)OC(=O)[C@@H](C)OC(=O)[C@H](C)OC(=O)[C@@H](C)OC(=O)[C@H](C)OC(=O)[C@@H](C)OC(=O)[C@H](C)OC(=O)[C@@H](C)OC(=O)[C@H](C)OC(=O)[C@@H](C)OC1=O. The summed E-state index contributed by atoms with van der Waals surface area (Å²) in [5.41, 5.74) is 0. The number of ether oxygens (including phenoxy) is 12. The van der Waals surface area contributed by atoms with Crippen LogP contribution in [0.4, 0.5) is 0 Å². The van der Waals surface area contributed by atoms with Crippen molar-refractivity contribution in [3.63, 3.8) is 0 Å². The van der Waals surface area contributed by atoms with Gasteiger partial charge in [0.1, 0.15) is 0 Å². The molecule has 0 amide bonds. The Hall–Kier alpha value is -6.36. The molecular weight excluding hydrogens is 816 g/mol. The van der Waals surface area contributed by atoms with Gasteiger partial charge in [-0.15, -0.1) is 0 Å². The van der Waals surface area contributed by atoms with Gasteiger partial charge in [-0.2, -0.15) is 0 Å². The quantitative estimate of drug-likeness (QED) is 0.212. The summed E-state index contributed by atoms with van der Waals surface area (Å²) in [6.07, 6.45) is -20.3. The molecule has 0 N–H and O–H groups in total. The Morgan fingerprint density at radius 1 is 0.167 bits per heavy atom. The van der Waals surface area contributed by atoms with Crippen LogP contribution in [0.15, 0.2) is 0 Å². The predicted molar refractivity (Wildman–Crippen MR) is 187 cm³/mol. The van der Waals surface area contributed by atoms with Crippen LogP contribution in [0, 0.1) is 0 Å². The van der Waals surface area contributed by atoms with Gasteiger partial charge in [-0.05, 0) is 83.1 Å². The third-order valence-corrected chi connectivity index (χ3v) is 7.50. The van der Waals surface area contributed by atoms with E-state index in [1.165, 1.54) is 0 Å². The zero-order valence-corrected chi connectivity index (χ0v) is 34.7. The van der Waals surface area contributed by atoms with Crippen LogP contribution in [-0.2, 0) is 114 Å². The summed E-state index contributed by atoms with van der Waals surface area (Å²) in [5, 5.41) is 0. The Morgan fingerprint density at radius 2 is 0.217 bits per heavy atom. The third-order valence-electron chi connectivity index (χ3n) is 7.50. The average molecular weight is 865 g/mol. The van der Waals surface area contributed by atoms with Crippen LogP contribution < -0.4 is 0 Å². The van der Waals surface area contributed by atoms with Gasteiger partial charge in [0.25, 0.3) is 0 Å². The molecule has 24 nitrogen and oxygen atoms in total. The fourth-order valence-corrected chi connectivity index (χ4v) is 3.82. The lowest BCUT2D eigenvalue weighted by molar-refractivity contribution is -0.191. The molecule has 1 aliphatic rings. The topological polar surface area (TPSA) is 316 Å². The molecule has 0 bridgehead atoms. The molecule has 24 heteroatoms. The largest absolute Gasteiger partial charge is 0.448 e. The van der Waals surface area contributed by atoms with Crippen molar-refractivity contribution in [3.8, 4) is 0 Å². The molecule has 12 atom stereocenters. The lowest BCUT2D eigenvalue weighted by Crippen LogP contribution is -2.40. The summed E-state index contributed by atoms with van der Waals surface area (Å²) < 4.78 is 58.9. The summed E-state index contributed by atoms with van der Waals surface area (Å²) >= 11 is 0. The molecule has 0 aromatic heterocycles. The Bertz CT molecular complexity index is 1240. The van der Waals surface area contributed by atoms with Gasteiger partial charge in [0.05, 0.1) is 0 Å². The first-order valence-electron chi connectivity index (χ1n) is 18.1. The molecule has 336 valence electrons. The molecule has 0 spiro atoms. The Balaban J connectivity index is 3.18. The first-order chi connectivity index (χ1) is 27.7. The molecule has 0 aromatic rings. The van der Waals surface area contributed by atoms with E-state index < -0.39 is 145 Å². The minimum atomic E-state index is -1.69. The first-order valence-corrected chi connectivity index (χ1v) is 18.1. The highest BCUT2D eigenvalue weighted by atomic mass is 16.7. The van der Waals surface area contributed by atoms with Crippen LogP contribution in [-0.4, -0.2) is 145 Å². The Morgan fingerprint density at radius 3 is 0.267 bits per heavy atom. The van der Waals surface area contributed by atoms with Crippen LogP contribution >= 0.6 is 0 Å². The van der Waals surface area contributed by atoms with Crippen LogP contribution in [0.1, 0.15) is 83.1 Å². The molecule has 0 aromatic carbocycles. The summed E-state index contributed by atoms with van der Waals surface area (Å²) in [7, 11) is 0. The lowest BCUT2D eigenvalue weighted by Gasteiger charge is -2.22. The second-order valence-electron chi connectivity index (χ2n) is 12.9. The highest BCUT2D eigenvalue weighted by molar-refractivity contribution is 5.89. The van der Waals surface area contributed by atoms with Crippen molar-refractivity contribution in [2.24, 2.45) is 0 Å². The molecule has 0 unspecified atom stereocenters. The molecule has 1 aliphatic heterocycles. The summed E-state index contributed by atoms with van der Waals surface area (Å²) in [5.74, 6) is -15.3. The molecule has 1 rings (SSSR count). The van der Waals surface area contributed by atoms with E-state index in [-0.39, 0.29) is 0 Å². The van der Waals surface area contributed by atoms with E-state index in [4.69, 9.17) is 56.8 Å². The van der Waals surface area contributed by atoms with Gasteiger partial charge in [-0.3, -0.25) is 0 Å². The van der Waals surface area contributed by atoms with Gasteiger partial charge in [0, 0.05) is 0 Å². The number of esters is 12. The fourth-order valence-electron chi connectivity index (χ4n) is 3.82. The van der Waals surface area contributed by atoms with E-state index in [1.54, 1.807) is 0 Å². The maximum atomic E-state index is 12.5. The lowest BCUT2D eigenvalue weighted by atomic mass is 10.3. The van der Waals surface area contributed by atoms with Gasteiger partial charge in [0.2, 0.25) is 0 Å². The van der Waals surface area contributed by atoms with Crippen molar-refractivity contribution >= 4 is 71.6 Å². The van der Waals surface area contributed by atoms with Crippen molar-refractivity contribution in [3.05, 3.63) is 0 Å². The number of carbonyl (C=O) groups excluding carboxylic acids is 12. The van der Waals surface area contributed by atoms with E-state index in [0.717, 1.165) is 83.1 Å². The predicted octanol–water partition coefficient (Wildman–Crippen LogP) is -0.820. The van der Waals surface area contributed by atoms with E-state index in [1.807, 2.05) is 0 Å². The number of hydrogen-bond donors (Lipinski definition) is 0. The minimum absolute atomic E-state index is 1.05. The normalized spacial score (nSPS) is 33.0. The molecule has 1 fully saturated rings. The number of carbonyl (C=O) groups is 12. The molecule has 0 saturated carbocycles. The summed E-state index contributed by atoms with van der Waals surface area (Å²) in [6, 6.07) is 0. The van der Waals surface area contributed by atoms with Crippen molar-refractivity contribution in [1.29, 1.82) is 0 Å². The standard InChI is InChI=1S/C36H48O24/c1-13-25(37)50-15(3)27(39)52-17(5)29(41)54-19(7)31(43)56-21(9)33(45)58-23(11)35(47)60-24(12)36(48)59-22(10)34(46)57-20(8)32(44)55-18(6)30(42)53-16(4)28(40)51-14(2)26(38)49-13/h13-24H,1-12H3/t13-,14+,15+,16-,17-,18+,19+,20-,21-,22+,23+,24-. The maximum absolute atomic E-state index is 12.5. The van der Waals surface area contributed by atoms with Gasteiger partial charge >= 0.3 is 71.6 Å². The van der Waals surface area contributed by atoms with Crippen molar-refractivity contribution in [1.82, 2.24) is 0 Å². The van der Waals surface area contributed by atoms with Crippen molar-refractivity contribution < 1.29 is 114 Å². The summed E-state index contributed by atoms with van der Waals surface area (Å²) in [4.78, 5) is 150. The van der Waals surface area contributed by atoms with Crippen molar-refractivity contribution in [2.45, 2.75) is 156 Å². The second-order valence-corrected chi connectivity index (χ2v) is 12.9. The molecule has 60 heavy (non-hydrogen) atoms. The van der Waals surface area contributed by atoms with Gasteiger partial charge in [-0.1, -0.05) is 0 Å². The highest BCUT2D eigenvalue weighted by Crippen LogP contribution is 2.12. The minimum Gasteiger partial charge on any atom is -0.448 e.